The van der Waals surface area contributed by atoms with Crippen molar-refractivity contribution in [1.82, 2.24) is 14.9 Å². The fraction of sp³-hybridized carbons (Fsp3) is 0.241. The Kier molecular flexibility index (Phi) is 6.31. The van der Waals surface area contributed by atoms with Crippen LogP contribution >= 0.6 is 12.2 Å². The summed E-state index contributed by atoms with van der Waals surface area (Å²) in [5, 5.41) is 4.25. The van der Waals surface area contributed by atoms with Gasteiger partial charge in [0, 0.05) is 29.0 Å². The second-order valence-corrected chi connectivity index (χ2v) is 9.31. The number of aromatic nitrogens is 2. The minimum Gasteiger partial charge on any atom is -0.494 e. The van der Waals surface area contributed by atoms with Crippen LogP contribution in [0.1, 0.15) is 47.2 Å². The number of benzene rings is 2. The van der Waals surface area contributed by atoms with E-state index in [1.165, 1.54) is 22.5 Å². The number of ether oxygens (including phenoxy) is 1. The van der Waals surface area contributed by atoms with Crippen LogP contribution < -0.4 is 15.0 Å². The van der Waals surface area contributed by atoms with Crippen molar-refractivity contribution >= 4 is 23.0 Å². The number of hydrogen-bond acceptors (Lipinski definition) is 3. The van der Waals surface area contributed by atoms with E-state index in [4.69, 9.17) is 17.0 Å². The number of aryl methyl sites for hydroxylation is 2. The van der Waals surface area contributed by atoms with Gasteiger partial charge in [0.25, 0.3) is 0 Å². The average Bonchev–Trinajstić information content (AvgIpc) is 3.36. The van der Waals surface area contributed by atoms with Crippen LogP contribution in [0.2, 0.25) is 0 Å². The Morgan fingerprint density at radius 3 is 2.31 bits per heavy atom. The zero-order valence-corrected chi connectivity index (χ0v) is 21.3. The Hall–Kier alpha value is -3.64. The fourth-order valence-corrected chi connectivity index (χ4v) is 5.34. The standard InChI is InChI=1S/C29H30N4OS/c1-5-34-24-15-13-23(14-16-24)33-28(27(31-29(33)35)26-8-6-7-17-30-26)25-18-20(3)32(21(25)4)22-11-9-19(2)10-12-22/h6-18,27-28H,5H2,1-4H3,(H,31,35)/t27-,28+/m1/s1. The Morgan fingerprint density at radius 1 is 0.943 bits per heavy atom. The van der Waals surface area contributed by atoms with Crippen LogP contribution in [0.4, 0.5) is 5.69 Å². The molecule has 0 radical (unpaired) electrons. The molecule has 0 aliphatic carbocycles. The number of pyridine rings is 1. The lowest BCUT2D eigenvalue weighted by molar-refractivity contribution is 0.340. The topological polar surface area (TPSA) is 42.3 Å². The first kappa shape index (κ1) is 23.1. The Balaban J connectivity index is 1.63. The van der Waals surface area contributed by atoms with Crippen molar-refractivity contribution in [3.05, 3.63) is 107 Å². The SMILES string of the molecule is CCOc1ccc(N2C(=S)N[C@H](c3ccccn3)[C@@H]2c2cc(C)n(-c3ccc(C)cc3)c2C)cc1. The minimum absolute atomic E-state index is 0.0549. The van der Waals surface area contributed by atoms with E-state index < -0.39 is 0 Å². The third kappa shape index (κ3) is 4.30. The van der Waals surface area contributed by atoms with E-state index in [9.17, 15) is 0 Å². The van der Waals surface area contributed by atoms with Gasteiger partial charge in [0.1, 0.15) is 5.75 Å². The van der Waals surface area contributed by atoms with Crippen LogP contribution in [0.3, 0.4) is 0 Å². The molecule has 4 aromatic rings. The van der Waals surface area contributed by atoms with Gasteiger partial charge in [-0.3, -0.25) is 4.98 Å². The molecular weight excluding hydrogens is 452 g/mol. The van der Waals surface area contributed by atoms with Gasteiger partial charge in [-0.15, -0.1) is 0 Å². The molecule has 1 aliphatic heterocycles. The summed E-state index contributed by atoms with van der Waals surface area (Å²) < 4.78 is 7.99. The summed E-state index contributed by atoms with van der Waals surface area (Å²) in [5.74, 6) is 0.852. The summed E-state index contributed by atoms with van der Waals surface area (Å²) in [5.41, 5.74) is 8.00. The number of hydrogen-bond donors (Lipinski definition) is 1. The molecule has 2 atom stereocenters. The van der Waals surface area contributed by atoms with Gasteiger partial charge < -0.3 is 19.5 Å². The summed E-state index contributed by atoms with van der Waals surface area (Å²) >= 11 is 5.90. The van der Waals surface area contributed by atoms with E-state index in [2.05, 4.69) is 89.1 Å². The van der Waals surface area contributed by atoms with Gasteiger partial charge in [0.05, 0.1) is 24.4 Å². The van der Waals surface area contributed by atoms with Crippen molar-refractivity contribution < 1.29 is 4.74 Å². The summed E-state index contributed by atoms with van der Waals surface area (Å²) in [4.78, 5) is 6.90. The van der Waals surface area contributed by atoms with Crippen LogP contribution in [0.25, 0.3) is 5.69 Å². The summed E-state index contributed by atoms with van der Waals surface area (Å²) in [7, 11) is 0. The molecule has 1 saturated heterocycles. The van der Waals surface area contributed by atoms with Crippen LogP contribution in [0.5, 0.6) is 5.75 Å². The maximum Gasteiger partial charge on any atom is 0.174 e. The molecule has 178 valence electrons. The summed E-state index contributed by atoms with van der Waals surface area (Å²) in [6, 6.07) is 25.0. The van der Waals surface area contributed by atoms with Gasteiger partial charge >= 0.3 is 0 Å². The summed E-state index contributed by atoms with van der Waals surface area (Å²) in [6.45, 7) is 9.09. The molecule has 35 heavy (non-hydrogen) atoms. The number of anilines is 1. The Bertz CT molecular complexity index is 1330. The molecule has 0 spiro atoms. The third-order valence-corrected chi connectivity index (χ3v) is 6.92. The normalized spacial score (nSPS) is 17.5. The first-order valence-corrected chi connectivity index (χ1v) is 12.4. The van der Waals surface area contributed by atoms with E-state index in [1.54, 1.807) is 0 Å². The van der Waals surface area contributed by atoms with E-state index in [0.29, 0.717) is 11.7 Å². The van der Waals surface area contributed by atoms with Crippen molar-refractivity contribution in [3.8, 4) is 11.4 Å². The summed E-state index contributed by atoms with van der Waals surface area (Å²) in [6.07, 6.45) is 1.84. The highest BCUT2D eigenvalue weighted by molar-refractivity contribution is 7.80. The Morgan fingerprint density at radius 2 is 1.66 bits per heavy atom. The van der Waals surface area contributed by atoms with E-state index in [1.807, 2.05) is 37.4 Å². The van der Waals surface area contributed by atoms with Crippen molar-refractivity contribution in [3.63, 3.8) is 0 Å². The monoisotopic (exact) mass is 482 g/mol. The van der Waals surface area contributed by atoms with Gasteiger partial charge in [-0.2, -0.15) is 0 Å². The Labute approximate surface area is 212 Å². The number of thiocarbonyl (C=S) groups is 1. The van der Waals surface area contributed by atoms with Crippen LogP contribution in [-0.4, -0.2) is 21.3 Å². The lowest BCUT2D eigenvalue weighted by atomic mass is 9.96. The van der Waals surface area contributed by atoms with Crippen molar-refractivity contribution in [1.29, 1.82) is 0 Å². The highest BCUT2D eigenvalue weighted by atomic mass is 32.1. The molecule has 2 aromatic carbocycles. The van der Waals surface area contributed by atoms with Gasteiger partial charge in [-0.25, -0.2) is 0 Å². The molecule has 2 aromatic heterocycles. The van der Waals surface area contributed by atoms with Crippen molar-refractivity contribution in [2.75, 3.05) is 11.5 Å². The first-order chi connectivity index (χ1) is 17.0. The van der Waals surface area contributed by atoms with Gasteiger partial charge in [0.2, 0.25) is 0 Å². The van der Waals surface area contributed by atoms with E-state index in [-0.39, 0.29) is 12.1 Å². The maximum absolute atomic E-state index is 5.90. The lowest BCUT2D eigenvalue weighted by Crippen LogP contribution is -2.29. The predicted molar refractivity (Wildman–Crippen MR) is 146 cm³/mol. The fourth-order valence-electron chi connectivity index (χ4n) is 5.00. The second kappa shape index (κ2) is 9.55. The van der Waals surface area contributed by atoms with Gasteiger partial charge in [-0.05, 0) is 100 Å². The zero-order valence-electron chi connectivity index (χ0n) is 20.5. The molecule has 1 N–H and O–H groups in total. The van der Waals surface area contributed by atoms with Crippen molar-refractivity contribution in [2.45, 2.75) is 39.8 Å². The highest BCUT2D eigenvalue weighted by Crippen LogP contribution is 2.44. The minimum atomic E-state index is -0.0813. The molecule has 1 fully saturated rings. The molecule has 0 amide bonds. The molecule has 6 heteroatoms. The third-order valence-electron chi connectivity index (χ3n) is 6.61. The highest BCUT2D eigenvalue weighted by Gasteiger charge is 2.42. The lowest BCUT2D eigenvalue weighted by Gasteiger charge is -2.28. The smallest absolute Gasteiger partial charge is 0.174 e. The molecule has 0 unspecified atom stereocenters. The number of nitrogens with one attached hydrogen (secondary N) is 1. The first-order valence-electron chi connectivity index (χ1n) is 12.0. The number of rotatable bonds is 6. The zero-order chi connectivity index (χ0) is 24.5. The molecule has 0 saturated carbocycles. The van der Waals surface area contributed by atoms with Crippen LogP contribution in [0, 0.1) is 20.8 Å². The molecule has 3 heterocycles. The van der Waals surface area contributed by atoms with E-state index in [0.717, 1.165) is 22.8 Å². The largest absolute Gasteiger partial charge is 0.494 e. The molecule has 5 nitrogen and oxygen atoms in total. The quantitative estimate of drug-likeness (QED) is 0.323. The average molecular weight is 483 g/mol. The van der Waals surface area contributed by atoms with Gasteiger partial charge in [-0.1, -0.05) is 23.8 Å². The van der Waals surface area contributed by atoms with Crippen molar-refractivity contribution in [2.24, 2.45) is 0 Å². The van der Waals surface area contributed by atoms with Crippen LogP contribution in [-0.2, 0) is 0 Å². The molecular formula is C29H30N4OS. The molecule has 0 bridgehead atoms. The molecule has 5 rings (SSSR count). The number of nitrogens with zero attached hydrogens (tertiary/aromatic N) is 3. The van der Waals surface area contributed by atoms with Gasteiger partial charge in [0.15, 0.2) is 5.11 Å². The second-order valence-electron chi connectivity index (χ2n) is 8.92. The van der Waals surface area contributed by atoms with E-state index >= 15 is 0 Å². The predicted octanol–water partition coefficient (Wildman–Crippen LogP) is 6.37. The maximum atomic E-state index is 5.90. The van der Waals surface area contributed by atoms with Crippen LogP contribution in [0.15, 0.2) is 79.0 Å². The molecule has 1 aliphatic rings.